The van der Waals surface area contributed by atoms with E-state index in [1.165, 1.54) is 25.7 Å². The molecule has 2 nitrogen and oxygen atoms in total. The second kappa shape index (κ2) is 5.86. The van der Waals surface area contributed by atoms with E-state index in [-0.39, 0.29) is 12.1 Å². The number of hydrogen-bond donors (Lipinski definition) is 2. The van der Waals surface area contributed by atoms with Crippen LogP contribution in [0, 0.1) is 11.8 Å². The van der Waals surface area contributed by atoms with Crippen LogP contribution in [0.1, 0.15) is 52.9 Å². The van der Waals surface area contributed by atoms with Crippen molar-refractivity contribution in [1.82, 2.24) is 5.32 Å². The summed E-state index contributed by atoms with van der Waals surface area (Å²) in [7, 11) is 0. The monoisotopic (exact) mass is 213 g/mol. The average molecular weight is 213 g/mol. The molecule has 1 rings (SSSR count). The molecule has 0 heterocycles. The third-order valence-electron chi connectivity index (χ3n) is 3.87. The van der Waals surface area contributed by atoms with Crippen LogP contribution in [0.15, 0.2) is 0 Å². The maximum Gasteiger partial charge on any atom is 0.0448 e. The molecule has 0 aromatic rings. The van der Waals surface area contributed by atoms with E-state index in [1.807, 2.05) is 0 Å². The third kappa shape index (κ3) is 4.52. The smallest absolute Gasteiger partial charge is 0.0448 e. The largest absolute Gasteiger partial charge is 0.396 e. The van der Waals surface area contributed by atoms with Crippen LogP contribution >= 0.6 is 0 Å². The Morgan fingerprint density at radius 1 is 1.27 bits per heavy atom. The first kappa shape index (κ1) is 13.0. The highest BCUT2D eigenvalue weighted by atomic mass is 16.3. The van der Waals surface area contributed by atoms with Crippen molar-refractivity contribution < 1.29 is 5.11 Å². The van der Waals surface area contributed by atoms with Gasteiger partial charge < -0.3 is 10.4 Å². The van der Waals surface area contributed by atoms with E-state index in [0.29, 0.717) is 0 Å². The third-order valence-corrected chi connectivity index (χ3v) is 3.87. The molecule has 0 aromatic heterocycles. The van der Waals surface area contributed by atoms with E-state index in [4.69, 9.17) is 5.11 Å². The van der Waals surface area contributed by atoms with Gasteiger partial charge in [-0.25, -0.2) is 0 Å². The number of aliphatic hydroxyl groups excluding tert-OH is 1. The fraction of sp³-hybridized carbons (Fsp3) is 1.00. The summed E-state index contributed by atoms with van der Waals surface area (Å²) in [4.78, 5) is 0. The van der Waals surface area contributed by atoms with Gasteiger partial charge in [0, 0.05) is 12.1 Å². The van der Waals surface area contributed by atoms with Gasteiger partial charge in [0.2, 0.25) is 0 Å². The summed E-state index contributed by atoms with van der Waals surface area (Å²) in [6.07, 6.45) is 6.43. The Morgan fingerprint density at radius 3 is 2.53 bits per heavy atom. The van der Waals surface area contributed by atoms with E-state index in [9.17, 15) is 0 Å². The van der Waals surface area contributed by atoms with Crippen LogP contribution in [0.2, 0.25) is 0 Å². The molecule has 0 spiro atoms. The minimum absolute atomic E-state index is 0.0892. The van der Waals surface area contributed by atoms with Crippen LogP contribution in [-0.2, 0) is 0 Å². The zero-order valence-corrected chi connectivity index (χ0v) is 10.6. The highest BCUT2D eigenvalue weighted by Gasteiger charge is 2.24. The van der Waals surface area contributed by atoms with Gasteiger partial charge in [0.05, 0.1) is 0 Å². The lowest BCUT2D eigenvalue weighted by Gasteiger charge is -2.33. The topological polar surface area (TPSA) is 32.3 Å². The van der Waals surface area contributed by atoms with E-state index in [1.54, 1.807) is 0 Å². The molecule has 0 saturated heterocycles. The lowest BCUT2D eigenvalue weighted by Crippen LogP contribution is -2.44. The van der Waals surface area contributed by atoms with Gasteiger partial charge in [-0.05, 0) is 45.1 Å². The van der Waals surface area contributed by atoms with Crippen LogP contribution in [0.5, 0.6) is 0 Å². The molecule has 1 aliphatic carbocycles. The van der Waals surface area contributed by atoms with Crippen molar-refractivity contribution in [2.24, 2.45) is 11.8 Å². The highest BCUT2D eigenvalue weighted by molar-refractivity contribution is 4.81. The highest BCUT2D eigenvalue weighted by Crippen LogP contribution is 2.29. The normalized spacial score (nSPS) is 28.0. The quantitative estimate of drug-likeness (QED) is 0.735. The van der Waals surface area contributed by atoms with Gasteiger partial charge in [0.15, 0.2) is 0 Å². The molecule has 0 aromatic carbocycles. The Balaban J connectivity index is 2.28. The van der Waals surface area contributed by atoms with Crippen molar-refractivity contribution in [2.75, 3.05) is 13.2 Å². The fourth-order valence-electron chi connectivity index (χ4n) is 2.47. The first-order valence-corrected chi connectivity index (χ1v) is 6.41. The molecule has 2 atom stereocenters. The second-order valence-corrected chi connectivity index (χ2v) is 5.76. The van der Waals surface area contributed by atoms with E-state index >= 15 is 0 Å². The average Bonchev–Trinajstić information content (AvgIpc) is 2.16. The molecule has 2 N–H and O–H groups in total. The number of hydrogen-bond acceptors (Lipinski definition) is 2. The zero-order chi connectivity index (χ0) is 11.3. The number of aliphatic hydroxyl groups is 1. The summed E-state index contributed by atoms with van der Waals surface area (Å²) in [6.45, 7) is 8.13. The van der Waals surface area contributed by atoms with Crippen LogP contribution in [-0.4, -0.2) is 23.8 Å². The molecule has 0 bridgehead atoms. The molecule has 0 aliphatic heterocycles. The summed E-state index contributed by atoms with van der Waals surface area (Å²) in [5, 5.41) is 12.6. The molecule has 90 valence electrons. The van der Waals surface area contributed by atoms with E-state index < -0.39 is 0 Å². The summed E-state index contributed by atoms with van der Waals surface area (Å²) in [5.41, 5.74) is 0.0892. The van der Waals surface area contributed by atoms with Gasteiger partial charge in [-0.3, -0.25) is 0 Å². The van der Waals surface area contributed by atoms with Crippen molar-refractivity contribution in [2.45, 2.75) is 58.4 Å². The second-order valence-electron chi connectivity index (χ2n) is 5.76. The standard InChI is InChI=1S/C13H27NO/c1-11-6-4-5-7-12(11)10-14-13(2,3)8-9-15/h11-12,14-15H,4-10H2,1-3H3. The first-order valence-electron chi connectivity index (χ1n) is 6.41. The maximum absolute atomic E-state index is 8.95. The predicted octanol–water partition coefficient (Wildman–Crippen LogP) is 2.56. The Hall–Kier alpha value is -0.0800. The van der Waals surface area contributed by atoms with E-state index in [2.05, 4.69) is 26.1 Å². The van der Waals surface area contributed by atoms with Crippen LogP contribution in [0.25, 0.3) is 0 Å². The van der Waals surface area contributed by atoms with Gasteiger partial charge in [-0.1, -0.05) is 26.2 Å². The van der Waals surface area contributed by atoms with Crippen molar-refractivity contribution in [3.63, 3.8) is 0 Å². The molecule has 1 aliphatic rings. The van der Waals surface area contributed by atoms with Gasteiger partial charge in [-0.2, -0.15) is 0 Å². The zero-order valence-electron chi connectivity index (χ0n) is 10.6. The molecule has 2 unspecified atom stereocenters. The van der Waals surface area contributed by atoms with Crippen molar-refractivity contribution in [3.05, 3.63) is 0 Å². The minimum Gasteiger partial charge on any atom is -0.396 e. The summed E-state index contributed by atoms with van der Waals surface area (Å²) in [5.74, 6) is 1.72. The number of rotatable bonds is 5. The Morgan fingerprint density at radius 2 is 1.93 bits per heavy atom. The molecule has 0 radical (unpaired) electrons. The molecule has 1 fully saturated rings. The maximum atomic E-state index is 8.95. The Labute approximate surface area is 94.5 Å². The van der Waals surface area contributed by atoms with Crippen LogP contribution in [0.4, 0.5) is 0 Å². The molecular formula is C13H27NO. The van der Waals surface area contributed by atoms with Gasteiger partial charge >= 0.3 is 0 Å². The minimum atomic E-state index is 0.0892. The molecule has 0 amide bonds. The van der Waals surface area contributed by atoms with Crippen LogP contribution in [0.3, 0.4) is 0 Å². The van der Waals surface area contributed by atoms with Crippen molar-refractivity contribution in [1.29, 1.82) is 0 Å². The number of nitrogens with one attached hydrogen (secondary N) is 1. The van der Waals surface area contributed by atoms with Gasteiger partial charge in [0.25, 0.3) is 0 Å². The SMILES string of the molecule is CC1CCCCC1CNC(C)(C)CCO. The summed E-state index contributed by atoms with van der Waals surface area (Å²) >= 11 is 0. The molecule has 2 heteroatoms. The Kier molecular flexibility index (Phi) is 5.07. The first-order chi connectivity index (χ1) is 7.05. The summed E-state index contributed by atoms with van der Waals surface area (Å²) < 4.78 is 0. The van der Waals surface area contributed by atoms with Gasteiger partial charge in [-0.15, -0.1) is 0 Å². The van der Waals surface area contributed by atoms with E-state index in [0.717, 1.165) is 24.8 Å². The lowest BCUT2D eigenvalue weighted by atomic mass is 9.80. The van der Waals surface area contributed by atoms with Gasteiger partial charge in [0.1, 0.15) is 0 Å². The molecular weight excluding hydrogens is 186 g/mol. The molecule has 1 saturated carbocycles. The molecule has 15 heavy (non-hydrogen) atoms. The van der Waals surface area contributed by atoms with Crippen LogP contribution < -0.4 is 5.32 Å². The van der Waals surface area contributed by atoms with Crippen molar-refractivity contribution in [3.8, 4) is 0 Å². The van der Waals surface area contributed by atoms with Crippen molar-refractivity contribution >= 4 is 0 Å². The fourth-order valence-corrected chi connectivity index (χ4v) is 2.47. The predicted molar refractivity (Wildman–Crippen MR) is 64.9 cm³/mol. The Bertz CT molecular complexity index is 179. The lowest BCUT2D eigenvalue weighted by molar-refractivity contribution is 0.197. The summed E-state index contributed by atoms with van der Waals surface area (Å²) in [6, 6.07) is 0.